The number of quaternary nitrogens is 1. The van der Waals surface area contributed by atoms with E-state index >= 15 is 0 Å². The van der Waals surface area contributed by atoms with Gasteiger partial charge < -0.3 is 14.7 Å². The predicted octanol–water partition coefficient (Wildman–Crippen LogP) is 0.580. The van der Waals surface area contributed by atoms with Crippen LogP contribution in [0.15, 0.2) is 11.5 Å². The monoisotopic (exact) mass is 263 g/mol. The summed E-state index contributed by atoms with van der Waals surface area (Å²) in [4.78, 5) is 4.86. The Labute approximate surface area is 104 Å². The number of nitrogens with one attached hydrogen (secondary N) is 1. The number of rotatable bonds is 6. The van der Waals surface area contributed by atoms with Crippen LogP contribution in [-0.2, 0) is 14.3 Å². The highest BCUT2D eigenvalue weighted by molar-refractivity contribution is 7.99. The zero-order valence-electron chi connectivity index (χ0n) is 9.68. The van der Waals surface area contributed by atoms with Crippen LogP contribution in [0.25, 0.3) is 0 Å². The quantitative estimate of drug-likeness (QED) is 0.539. The van der Waals surface area contributed by atoms with E-state index in [1.54, 1.807) is 11.8 Å². The topological polar surface area (TPSA) is 75.4 Å². The Kier molecular flexibility index (Phi) is 4.52. The minimum Gasteiger partial charge on any atom is -0.566 e. The lowest BCUT2D eigenvalue weighted by Gasteiger charge is -2.22. The lowest BCUT2D eigenvalue weighted by atomic mass is 10.3. The molecule has 2 heterocycles. The minimum absolute atomic E-state index is 0.289. The summed E-state index contributed by atoms with van der Waals surface area (Å²) >= 11 is 1.58. The highest BCUT2D eigenvalue weighted by atomic mass is 32.2. The highest BCUT2D eigenvalue weighted by Gasteiger charge is 2.44. The molecule has 2 aliphatic heterocycles. The molecule has 7 heteroatoms. The molecule has 0 aromatic carbocycles. The summed E-state index contributed by atoms with van der Waals surface area (Å²) in [6.45, 7) is 2.67. The Morgan fingerprint density at radius 1 is 1.65 bits per heavy atom. The average molecular weight is 263 g/mol. The van der Waals surface area contributed by atoms with Gasteiger partial charge in [0.25, 0.3) is 0 Å². The highest BCUT2D eigenvalue weighted by Crippen LogP contribution is 2.39. The van der Waals surface area contributed by atoms with Crippen LogP contribution in [0.1, 0.15) is 26.2 Å². The summed E-state index contributed by atoms with van der Waals surface area (Å²) in [7, 11) is 0. The van der Waals surface area contributed by atoms with E-state index in [2.05, 4.69) is 6.92 Å². The fourth-order valence-electron chi connectivity index (χ4n) is 1.82. The van der Waals surface area contributed by atoms with Crippen LogP contribution in [0.3, 0.4) is 0 Å². The molecule has 0 fully saturated rings. The van der Waals surface area contributed by atoms with Crippen molar-refractivity contribution in [2.24, 2.45) is 0 Å². The van der Waals surface area contributed by atoms with Gasteiger partial charge in [-0.05, 0) is 12.2 Å². The zero-order valence-corrected chi connectivity index (χ0v) is 10.5. The van der Waals surface area contributed by atoms with Gasteiger partial charge in [-0.3, -0.25) is 0 Å². The minimum atomic E-state index is -1.29. The molecule has 0 saturated carbocycles. The molecular formula is C10H17NO5S. The van der Waals surface area contributed by atoms with Crippen molar-refractivity contribution in [3.8, 4) is 0 Å². The summed E-state index contributed by atoms with van der Waals surface area (Å²) in [5.41, 5.74) is -0.289. The second-order valence-electron chi connectivity index (χ2n) is 3.90. The van der Waals surface area contributed by atoms with E-state index in [9.17, 15) is 5.21 Å². The largest absolute Gasteiger partial charge is 0.566 e. The van der Waals surface area contributed by atoms with Crippen molar-refractivity contribution in [3.05, 3.63) is 16.7 Å². The van der Waals surface area contributed by atoms with Crippen molar-refractivity contribution in [2.45, 2.75) is 37.7 Å². The third-order valence-electron chi connectivity index (χ3n) is 2.63. The first-order valence-electron chi connectivity index (χ1n) is 5.76. The third kappa shape index (κ3) is 3.05. The Morgan fingerprint density at radius 2 is 2.47 bits per heavy atom. The van der Waals surface area contributed by atoms with Gasteiger partial charge in [-0.1, -0.05) is 18.7 Å². The molecule has 0 radical (unpaired) electrons. The van der Waals surface area contributed by atoms with Gasteiger partial charge in [0.15, 0.2) is 11.2 Å². The number of thioether (sulfide) groups is 1. The van der Waals surface area contributed by atoms with Crippen LogP contribution >= 0.6 is 11.8 Å². The van der Waals surface area contributed by atoms with Crippen molar-refractivity contribution in [1.29, 1.82) is 0 Å². The first-order valence-corrected chi connectivity index (χ1v) is 6.81. The van der Waals surface area contributed by atoms with E-state index in [0.29, 0.717) is 18.8 Å². The molecule has 2 rings (SSSR count). The van der Waals surface area contributed by atoms with Gasteiger partial charge in [-0.15, -0.1) is 11.8 Å². The fourth-order valence-corrected chi connectivity index (χ4v) is 3.05. The van der Waals surface area contributed by atoms with Gasteiger partial charge in [-0.2, -0.15) is 10.0 Å². The fraction of sp³-hybridized carbons (Fsp3) is 0.800. The lowest BCUT2D eigenvalue weighted by Crippen LogP contribution is -3.04. The van der Waals surface area contributed by atoms with E-state index in [0.717, 1.165) is 24.4 Å². The Hall–Kier alpha value is -0.470. The van der Waals surface area contributed by atoms with E-state index < -0.39 is 11.5 Å². The van der Waals surface area contributed by atoms with Crippen LogP contribution in [0.2, 0.25) is 0 Å². The van der Waals surface area contributed by atoms with Crippen LogP contribution in [0, 0.1) is 5.21 Å². The molecule has 3 atom stereocenters. The van der Waals surface area contributed by atoms with Gasteiger partial charge in [0, 0.05) is 6.42 Å². The van der Waals surface area contributed by atoms with Crippen molar-refractivity contribution in [1.82, 2.24) is 0 Å². The van der Waals surface area contributed by atoms with E-state index in [4.69, 9.17) is 19.5 Å². The maximum absolute atomic E-state index is 10.7. The van der Waals surface area contributed by atoms with Gasteiger partial charge in [-0.25, -0.2) is 0 Å². The molecule has 0 aromatic heterocycles. The van der Waals surface area contributed by atoms with Gasteiger partial charge in [0.05, 0.1) is 6.61 Å². The average Bonchev–Trinajstić information content (AvgIpc) is 2.82. The molecule has 0 saturated heterocycles. The maximum atomic E-state index is 10.7. The lowest BCUT2D eigenvalue weighted by molar-refractivity contribution is -1.21. The molecule has 98 valence electrons. The van der Waals surface area contributed by atoms with Crippen molar-refractivity contribution in [2.75, 3.05) is 12.4 Å². The summed E-state index contributed by atoms with van der Waals surface area (Å²) < 4.78 is 11.1. The molecule has 3 unspecified atom stereocenters. The molecule has 17 heavy (non-hydrogen) atoms. The second-order valence-corrected chi connectivity index (χ2v) is 5.11. The summed E-state index contributed by atoms with van der Waals surface area (Å²) in [5.74, 6) is 2.26. The molecule has 0 amide bonds. The van der Waals surface area contributed by atoms with Crippen LogP contribution in [0.4, 0.5) is 0 Å². The smallest absolute Gasteiger partial charge is 0.227 e. The summed E-state index contributed by atoms with van der Waals surface area (Å²) in [6.07, 6.45) is 2.29. The van der Waals surface area contributed by atoms with Crippen LogP contribution in [-0.4, -0.2) is 29.1 Å². The molecular weight excluding hydrogens is 246 g/mol. The summed E-state index contributed by atoms with van der Waals surface area (Å²) in [5, 5.41) is 18.1. The summed E-state index contributed by atoms with van der Waals surface area (Å²) in [6, 6.07) is 0. The number of unbranched alkanes of at least 4 members (excludes halogenated alkanes) is 1. The SMILES string of the molecule is CCCCSC1OC2=C(OCC2)C1O[NH+]([O-])O. The molecule has 0 aromatic rings. The van der Waals surface area contributed by atoms with E-state index in [1.165, 1.54) is 0 Å². The molecule has 2 N–H and O–H groups in total. The molecule has 0 bridgehead atoms. The Morgan fingerprint density at radius 3 is 3.18 bits per heavy atom. The Bertz CT molecular complexity index is 296. The third-order valence-corrected chi connectivity index (χ3v) is 3.83. The molecule has 6 nitrogen and oxygen atoms in total. The van der Waals surface area contributed by atoms with Crippen LogP contribution in [0.5, 0.6) is 0 Å². The van der Waals surface area contributed by atoms with Gasteiger partial charge in [0.2, 0.25) is 6.10 Å². The van der Waals surface area contributed by atoms with Gasteiger partial charge in [0.1, 0.15) is 5.76 Å². The maximum Gasteiger partial charge on any atom is 0.227 e. The first-order chi connectivity index (χ1) is 8.22. The number of hydrogen-bond acceptors (Lipinski definition) is 6. The van der Waals surface area contributed by atoms with Crippen molar-refractivity contribution < 1.29 is 24.9 Å². The van der Waals surface area contributed by atoms with Crippen molar-refractivity contribution >= 4 is 11.8 Å². The standard InChI is InChI=1S/C10H17NO5S/c1-2-3-6-17-10-9(16-11(12)13)8-7(15-10)4-5-14-8/h9-12H,2-6H2,1H3. The number of hydrogen-bond donors (Lipinski definition) is 2. The normalized spacial score (nSPS) is 28.9. The molecule has 2 aliphatic rings. The predicted molar refractivity (Wildman–Crippen MR) is 60.8 cm³/mol. The number of ether oxygens (including phenoxy) is 2. The first kappa shape index (κ1) is 13.0. The second kappa shape index (κ2) is 5.92. The van der Waals surface area contributed by atoms with E-state index in [-0.39, 0.29) is 5.44 Å². The molecule has 0 spiro atoms. The van der Waals surface area contributed by atoms with E-state index in [1.807, 2.05) is 0 Å². The van der Waals surface area contributed by atoms with Crippen molar-refractivity contribution in [3.63, 3.8) is 0 Å². The van der Waals surface area contributed by atoms with Crippen LogP contribution < -0.4 is 5.39 Å². The molecule has 0 aliphatic carbocycles. The zero-order chi connectivity index (χ0) is 12.3. The Balaban J connectivity index is 1.93. The van der Waals surface area contributed by atoms with Gasteiger partial charge >= 0.3 is 0 Å².